The summed E-state index contributed by atoms with van der Waals surface area (Å²) in [5, 5.41) is 83.5. The third-order valence-corrected chi connectivity index (χ3v) is 8.09. The van der Waals surface area contributed by atoms with Crippen LogP contribution in [-0.2, 0) is 18.9 Å². The van der Waals surface area contributed by atoms with Crippen molar-refractivity contribution in [3.05, 3.63) is 29.3 Å². The highest BCUT2D eigenvalue weighted by atomic mass is 16.7. The van der Waals surface area contributed by atoms with Gasteiger partial charge in [-0.3, -0.25) is 4.79 Å². The molecular formula is C28H36O15. The number of ether oxygens (including phenoxy) is 6. The Kier molecular flexibility index (Phi) is 9.14. The second kappa shape index (κ2) is 12.4. The van der Waals surface area contributed by atoms with Crippen LogP contribution in [0.2, 0.25) is 0 Å². The number of carbonyl (C=O) groups is 1. The molecular weight excluding hydrogens is 576 g/mol. The molecule has 2 aromatic carbocycles. The Hall–Kier alpha value is -2.67. The number of ketones is 1. The van der Waals surface area contributed by atoms with Crippen molar-refractivity contribution >= 4 is 16.6 Å². The molecule has 3 aliphatic heterocycles. The average Bonchev–Trinajstić information content (AvgIpc) is 2.99. The number of phenols is 1. The minimum absolute atomic E-state index is 0.0185. The number of rotatable bonds is 7. The Bertz CT molecular complexity index is 1330. The van der Waals surface area contributed by atoms with Crippen LogP contribution in [0.1, 0.15) is 35.9 Å². The second-order valence-electron chi connectivity index (χ2n) is 10.8. The summed E-state index contributed by atoms with van der Waals surface area (Å²) in [6.45, 7) is 1.92. The molecule has 15 nitrogen and oxygen atoms in total. The summed E-state index contributed by atoms with van der Waals surface area (Å²) < 4.78 is 33.8. The van der Waals surface area contributed by atoms with E-state index < -0.39 is 92.6 Å². The van der Waals surface area contributed by atoms with Crippen LogP contribution in [0.5, 0.6) is 17.2 Å². The number of hydrogen-bond acceptors (Lipinski definition) is 15. The zero-order chi connectivity index (χ0) is 31.3. The number of benzene rings is 2. The Labute approximate surface area is 245 Å². The average molecular weight is 613 g/mol. The van der Waals surface area contributed by atoms with Crippen molar-refractivity contribution < 1.29 is 74.1 Å². The number of fused-ring (bicyclic) bond motifs is 2. The van der Waals surface area contributed by atoms with E-state index in [0.29, 0.717) is 0 Å². The standard InChI is InChI=1S/C28H36O15/c1-9-15-17(18(30)10(2)40-9)26(11-5-4-6-12(38-3)16(11)21(15)33)43-28-25(37)23(35)20(32)14(42-28)8-39-27-24(36)22(34)19(31)13(7-29)41-27/h4-6,9-10,13-14,19-20,22-25,27-29,31-37H,7-8H2,1-3H3/t9?,10?,13-,14-,19-,20-,22+,23+,24-,25-,27-,28+/m1/s1. The minimum Gasteiger partial charge on any atom is -0.507 e. The zero-order valence-electron chi connectivity index (χ0n) is 23.5. The van der Waals surface area contributed by atoms with Gasteiger partial charge in [0.25, 0.3) is 0 Å². The maximum absolute atomic E-state index is 13.4. The lowest BCUT2D eigenvalue weighted by atomic mass is 9.88. The lowest BCUT2D eigenvalue weighted by molar-refractivity contribution is -0.323. The lowest BCUT2D eigenvalue weighted by Gasteiger charge is -2.43. The molecule has 2 unspecified atom stereocenters. The number of Topliss-reactive ketones (excluding diaryl/α,β-unsaturated/α-hetero) is 1. The second-order valence-corrected chi connectivity index (χ2v) is 10.8. The van der Waals surface area contributed by atoms with E-state index in [1.165, 1.54) is 14.0 Å². The van der Waals surface area contributed by atoms with Crippen LogP contribution in [0.4, 0.5) is 0 Å². The fraction of sp³-hybridized carbons (Fsp3) is 0.607. The summed E-state index contributed by atoms with van der Waals surface area (Å²) in [6.07, 6.45) is -18.0. The van der Waals surface area contributed by atoms with Gasteiger partial charge in [-0.15, -0.1) is 0 Å². The molecule has 12 atom stereocenters. The van der Waals surface area contributed by atoms with Gasteiger partial charge in [0.2, 0.25) is 6.29 Å². The van der Waals surface area contributed by atoms with E-state index >= 15 is 0 Å². The molecule has 2 aromatic rings. The smallest absolute Gasteiger partial charge is 0.229 e. The van der Waals surface area contributed by atoms with Gasteiger partial charge in [-0.05, 0) is 19.9 Å². The normalized spacial score (nSPS) is 38.1. The molecule has 0 radical (unpaired) electrons. The Morgan fingerprint density at radius 2 is 1.44 bits per heavy atom. The van der Waals surface area contributed by atoms with Crippen LogP contribution >= 0.6 is 0 Å². The highest BCUT2D eigenvalue weighted by molar-refractivity contribution is 6.12. The molecule has 3 aliphatic rings. The first-order valence-electron chi connectivity index (χ1n) is 13.7. The van der Waals surface area contributed by atoms with Crippen LogP contribution in [0.15, 0.2) is 18.2 Å². The first-order chi connectivity index (χ1) is 20.4. The third kappa shape index (κ3) is 5.44. The molecule has 15 heteroatoms. The molecule has 8 N–H and O–H groups in total. The van der Waals surface area contributed by atoms with Crippen molar-refractivity contribution in [1.82, 2.24) is 0 Å². The summed E-state index contributed by atoms with van der Waals surface area (Å²) in [6, 6.07) is 4.76. The van der Waals surface area contributed by atoms with Crippen molar-refractivity contribution in [1.29, 1.82) is 0 Å². The van der Waals surface area contributed by atoms with Crippen molar-refractivity contribution in [2.45, 2.75) is 87.5 Å². The molecule has 2 saturated heterocycles. The Morgan fingerprint density at radius 3 is 2.09 bits per heavy atom. The first kappa shape index (κ1) is 31.7. The van der Waals surface area contributed by atoms with Crippen molar-refractivity contribution in [3.8, 4) is 17.2 Å². The highest BCUT2D eigenvalue weighted by Gasteiger charge is 2.49. The Balaban J connectivity index is 1.48. The number of phenolic OH excluding ortho intramolecular Hbond substituents is 1. The SMILES string of the molecule is COc1cccc2c(O[C@@H]3O[C@H](CO[C@@H]4O[C@H](CO)[C@@H](O)[C@H](O)[C@H]4O)[C@@H](O)[C@H](O)[C@H]3O)c3c(c(O)c12)C(C)OC(C)C3=O. The van der Waals surface area contributed by atoms with Gasteiger partial charge in [-0.1, -0.05) is 12.1 Å². The van der Waals surface area contributed by atoms with Gasteiger partial charge in [0.15, 0.2) is 12.1 Å². The van der Waals surface area contributed by atoms with Crippen molar-refractivity contribution in [2.24, 2.45) is 0 Å². The van der Waals surface area contributed by atoms with Gasteiger partial charge in [0.05, 0.1) is 37.4 Å². The molecule has 0 saturated carbocycles. The number of hydrogen-bond donors (Lipinski definition) is 8. The molecule has 0 spiro atoms. The van der Waals surface area contributed by atoms with Gasteiger partial charge >= 0.3 is 0 Å². The molecule has 0 aromatic heterocycles. The van der Waals surface area contributed by atoms with Gasteiger partial charge in [-0.25, -0.2) is 0 Å². The number of aliphatic hydroxyl groups excluding tert-OH is 7. The zero-order valence-corrected chi connectivity index (χ0v) is 23.5. The molecule has 0 bridgehead atoms. The molecule has 0 amide bonds. The van der Waals surface area contributed by atoms with E-state index in [0.717, 1.165) is 0 Å². The summed E-state index contributed by atoms with van der Waals surface area (Å²) in [5.74, 6) is -0.604. The molecule has 2 fully saturated rings. The number of aliphatic hydroxyl groups is 7. The summed E-state index contributed by atoms with van der Waals surface area (Å²) >= 11 is 0. The number of aromatic hydroxyl groups is 1. The van der Waals surface area contributed by atoms with Gasteiger partial charge in [0.1, 0.15) is 72.2 Å². The van der Waals surface area contributed by atoms with Crippen LogP contribution in [0, 0.1) is 0 Å². The largest absolute Gasteiger partial charge is 0.507 e. The Morgan fingerprint density at radius 1 is 0.814 bits per heavy atom. The summed E-state index contributed by atoms with van der Waals surface area (Å²) in [5.41, 5.74) is 0.110. The maximum Gasteiger partial charge on any atom is 0.229 e. The van der Waals surface area contributed by atoms with E-state index in [4.69, 9.17) is 28.4 Å². The van der Waals surface area contributed by atoms with E-state index in [1.807, 2.05) is 0 Å². The van der Waals surface area contributed by atoms with E-state index in [1.54, 1.807) is 25.1 Å². The van der Waals surface area contributed by atoms with Crippen LogP contribution in [0.25, 0.3) is 10.8 Å². The fourth-order valence-corrected chi connectivity index (χ4v) is 5.71. The minimum atomic E-state index is -1.83. The molecule has 3 heterocycles. The highest BCUT2D eigenvalue weighted by Crippen LogP contribution is 2.50. The van der Waals surface area contributed by atoms with Gasteiger partial charge in [-0.2, -0.15) is 0 Å². The van der Waals surface area contributed by atoms with Gasteiger partial charge in [0, 0.05) is 10.9 Å². The summed E-state index contributed by atoms with van der Waals surface area (Å²) in [4.78, 5) is 13.4. The molecule has 43 heavy (non-hydrogen) atoms. The summed E-state index contributed by atoms with van der Waals surface area (Å²) in [7, 11) is 1.40. The topological polar surface area (TPSA) is 234 Å². The lowest BCUT2D eigenvalue weighted by Crippen LogP contribution is -2.62. The third-order valence-electron chi connectivity index (χ3n) is 8.09. The quantitative estimate of drug-likeness (QED) is 0.173. The van der Waals surface area contributed by atoms with Crippen LogP contribution in [0.3, 0.4) is 0 Å². The predicted molar refractivity (Wildman–Crippen MR) is 142 cm³/mol. The van der Waals surface area contributed by atoms with Crippen LogP contribution < -0.4 is 9.47 Å². The monoisotopic (exact) mass is 612 g/mol. The molecule has 5 rings (SSSR count). The number of carbonyl (C=O) groups excluding carboxylic acids is 1. The van der Waals surface area contributed by atoms with E-state index in [9.17, 15) is 45.6 Å². The fourth-order valence-electron chi connectivity index (χ4n) is 5.71. The number of methoxy groups -OCH3 is 1. The first-order valence-corrected chi connectivity index (χ1v) is 13.7. The van der Waals surface area contributed by atoms with E-state index in [2.05, 4.69) is 0 Å². The molecule has 238 valence electrons. The maximum atomic E-state index is 13.4. The van der Waals surface area contributed by atoms with Crippen molar-refractivity contribution in [2.75, 3.05) is 20.3 Å². The molecule has 0 aliphatic carbocycles. The van der Waals surface area contributed by atoms with Crippen LogP contribution in [-0.4, -0.2) is 134 Å². The van der Waals surface area contributed by atoms with Crippen molar-refractivity contribution in [3.63, 3.8) is 0 Å². The van der Waals surface area contributed by atoms with E-state index in [-0.39, 0.29) is 39.1 Å². The van der Waals surface area contributed by atoms with Gasteiger partial charge < -0.3 is 69.3 Å². The predicted octanol–water partition coefficient (Wildman–Crippen LogP) is -1.78.